The highest BCUT2D eigenvalue weighted by molar-refractivity contribution is 7.14. The van der Waals surface area contributed by atoms with Gasteiger partial charge in [-0.3, -0.25) is 9.59 Å². The molecule has 21 heavy (non-hydrogen) atoms. The van der Waals surface area contributed by atoms with Crippen molar-refractivity contribution >= 4 is 28.7 Å². The summed E-state index contributed by atoms with van der Waals surface area (Å²) in [5.41, 5.74) is 2.76. The number of ketones is 1. The number of anilines is 1. The molecule has 0 unspecified atom stereocenters. The molecular weight excluding hydrogens is 282 g/mol. The standard InChI is InChI=1S/C17H15NO2S/c19-14-8-9-18(13-6-2-1-5-12(13)14)17(20)16-10-11-4-3-7-15(11)21-16/h1-2,5-6,10H,3-4,7-9H2. The molecule has 1 amide bonds. The highest BCUT2D eigenvalue weighted by atomic mass is 32.1. The van der Waals surface area contributed by atoms with Gasteiger partial charge >= 0.3 is 0 Å². The monoisotopic (exact) mass is 297 g/mol. The SMILES string of the molecule is O=C1CCN(C(=O)c2cc3c(s2)CCC3)c2ccccc21. The lowest BCUT2D eigenvalue weighted by atomic mass is 10.0. The average Bonchev–Trinajstić information content (AvgIpc) is 3.08. The third kappa shape index (κ3) is 2.02. The molecule has 4 heteroatoms. The number of rotatable bonds is 1. The number of hydrogen-bond donors (Lipinski definition) is 0. The Morgan fingerprint density at radius 2 is 2.00 bits per heavy atom. The molecule has 1 aromatic heterocycles. The van der Waals surface area contributed by atoms with Crippen LogP contribution in [0.15, 0.2) is 30.3 Å². The molecule has 0 fully saturated rings. The lowest BCUT2D eigenvalue weighted by Gasteiger charge is -2.28. The largest absolute Gasteiger partial charge is 0.306 e. The predicted molar refractivity (Wildman–Crippen MR) is 83.4 cm³/mol. The van der Waals surface area contributed by atoms with Crippen LogP contribution in [0.4, 0.5) is 5.69 Å². The third-order valence-corrected chi connectivity index (χ3v) is 5.49. The minimum atomic E-state index is 0.0364. The van der Waals surface area contributed by atoms with Crippen LogP contribution < -0.4 is 4.90 Å². The number of hydrogen-bond acceptors (Lipinski definition) is 3. The van der Waals surface area contributed by atoms with E-state index < -0.39 is 0 Å². The van der Waals surface area contributed by atoms with Crippen molar-refractivity contribution < 1.29 is 9.59 Å². The number of carbonyl (C=O) groups is 2. The fourth-order valence-electron chi connectivity index (χ4n) is 3.19. The van der Waals surface area contributed by atoms with E-state index in [2.05, 4.69) is 0 Å². The summed E-state index contributed by atoms with van der Waals surface area (Å²) in [6.07, 6.45) is 3.81. The molecule has 1 aromatic carbocycles. The Morgan fingerprint density at radius 1 is 1.14 bits per heavy atom. The van der Waals surface area contributed by atoms with Gasteiger partial charge in [-0.05, 0) is 43.0 Å². The van der Waals surface area contributed by atoms with Crippen LogP contribution in [0.2, 0.25) is 0 Å². The number of thiophene rings is 1. The maximum absolute atomic E-state index is 12.8. The summed E-state index contributed by atoms with van der Waals surface area (Å²) in [7, 11) is 0. The van der Waals surface area contributed by atoms with Crippen molar-refractivity contribution in [2.24, 2.45) is 0 Å². The zero-order chi connectivity index (χ0) is 14.4. The molecule has 0 spiro atoms. The molecule has 2 heterocycles. The topological polar surface area (TPSA) is 37.4 Å². The van der Waals surface area contributed by atoms with Gasteiger partial charge in [0.05, 0.1) is 10.6 Å². The number of benzene rings is 1. The predicted octanol–water partition coefficient (Wildman–Crippen LogP) is 3.47. The molecule has 0 radical (unpaired) electrons. The van der Waals surface area contributed by atoms with Gasteiger partial charge in [-0.25, -0.2) is 0 Å². The summed E-state index contributed by atoms with van der Waals surface area (Å²) in [5.74, 6) is 0.165. The molecule has 0 atom stereocenters. The van der Waals surface area contributed by atoms with Gasteiger partial charge in [0.1, 0.15) is 0 Å². The van der Waals surface area contributed by atoms with Gasteiger partial charge in [-0.1, -0.05) is 12.1 Å². The molecule has 0 saturated carbocycles. The lowest BCUT2D eigenvalue weighted by Crippen LogP contribution is -2.37. The Balaban J connectivity index is 1.71. The third-order valence-electron chi connectivity index (χ3n) is 4.26. The first-order valence-corrected chi connectivity index (χ1v) is 8.11. The molecular formula is C17H15NO2S. The van der Waals surface area contributed by atoms with E-state index in [1.807, 2.05) is 30.3 Å². The molecule has 4 rings (SSSR count). The van der Waals surface area contributed by atoms with Crippen LogP contribution in [-0.2, 0) is 12.8 Å². The zero-order valence-corrected chi connectivity index (χ0v) is 12.4. The highest BCUT2D eigenvalue weighted by Gasteiger charge is 2.29. The Kier molecular flexibility index (Phi) is 2.93. The summed E-state index contributed by atoms with van der Waals surface area (Å²) in [6.45, 7) is 0.483. The highest BCUT2D eigenvalue weighted by Crippen LogP contribution is 2.34. The van der Waals surface area contributed by atoms with Crippen LogP contribution in [0.25, 0.3) is 0 Å². The lowest BCUT2D eigenvalue weighted by molar-refractivity contribution is 0.0957. The van der Waals surface area contributed by atoms with E-state index in [1.165, 1.54) is 16.9 Å². The van der Waals surface area contributed by atoms with Crippen LogP contribution in [0, 0.1) is 0 Å². The number of para-hydroxylation sites is 1. The van der Waals surface area contributed by atoms with Gasteiger partial charge in [0.15, 0.2) is 5.78 Å². The van der Waals surface area contributed by atoms with Gasteiger partial charge in [0.2, 0.25) is 0 Å². The number of aryl methyl sites for hydroxylation is 2. The maximum atomic E-state index is 12.8. The molecule has 106 valence electrons. The Labute approximate surface area is 127 Å². The summed E-state index contributed by atoms with van der Waals surface area (Å²) < 4.78 is 0. The second kappa shape index (κ2) is 4.81. The van der Waals surface area contributed by atoms with E-state index in [9.17, 15) is 9.59 Å². The zero-order valence-electron chi connectivity index (χ0n) is 11.6. The van der Waals surface area contributed by atoms with Crippen molar-refractivity contribution in [3.63, 3.8) is 0 Å². The summed E-state index contributed by atoms with van der Waals surface area (Å²) in [4.78, 5) is 28.7. The van der Waals surface area contributed by atoms with Crippen molar-refractivity contribution in [1.82, 2.24) is 0 Å². The molecule has 3 nitrogen and oxygen atoms in total. The fourth-order valence-corrected chi connectivity index (χ4v) is 4.39. The van der Waals surface area contributed by atoms with E-state index >= 15 is 0 Å². The minimum absolute atomic E-state index is 0.0364. The van der Waals surface area contributed by atoms with E-state index in [0.717, 1.165) is 23.4 Å². The van der Waals surface area contributed by atoms with Crippen molar-refractivity contribution in [2.75, 3.05) is 11.4 Å². The minimum Gasteiger partial charge on any atom is -0.306 e. The summed E-state index contributed by atoms with van der Waals surface area (Å²) in [6, 6.07) is 9.46. The van der Waals surface area contributed by atoms with Gasteiger partial charge in [-0.15, -0.1) is 11.3 Å². The first kappa shape index (κ1) is 12.8. The quantitative estimate of drug-likeness (QED) is 0.808. The molecule has 1 aliphatic carbocycles. The van der Waals surface area contributed by atoms with Crippen LogP contribution in [0.1, 0.15) is 43.3 Å². The number of amides is 1. The molecule has 2 aliphatic rings. The molecule has 2 aromatic rings. The maximum Gasteiger partial charge on any atom is 0.268 e. The van der Waals surface area contributed by atoms with Gasteiger partial charge in [0, 0.05) is 23.4 Å². The number of Topliss-reactive ketones (excluding diaryl/α,β-unsaturated/α-hetero) is 1. The smallest absolute Gasteiger partial charge is 0.268 e. The second-order valence-electron chi connectivity index (χ2n) is 5.56. The Morgan fingerprint density at radius 3 is 2.86 bits per heavy atom. The molecule has 0 bridgehead atoms. The van der Waals surface area contributed by atoms with E-state index in [1.54, 1.807) is 16.2 Å². The molecule has 1 aliphatic heterocycles. The van der Waals surface area contributed by atoms with Crippen molar-refractivity contribution in [3.05, 3.63) is 51.2 Å². The van der Waals surface area contributed by atoms with E-state index in [4.69, 9.17) is 0 Å². The van der Waals surface area contributed by atoms with Crippen LogP contribution >= 0.6 is 11.3 Å². The van der Waals surface area contributed by atoms with Gasteiger partial charge in [0.25, 0.3) is 5.91 Å². The van der Waals surface area contributed by atoms with E-state index in [-0.39, 0.29) is 11.7 Å². The number of carbonyl (C=O) groups excluding carboxylic acids is 2. The van der Waals surface area contributed by atoms with E-state index in [0.29, 0.717) is 18.5 Å². The van der Waals surface area contributed by atoms with Gasteiger partial charge in [-0.2, -0.15) is 0 Å². The molecule has 0 N–H and O–H groups in total. The van der Waals surface area contributed by atoms with Crippen LogP contribution in [0.5, 0.6) is 0 Å². The van der Waals surface area contributed by atoms with Crippen LogP contribution in [0.3, 0.4) is 0 Å². The number of nitrogens with zero attached hydrogens (tertiary/aromatic N) is 1. The van der Waals surface area contributed by atoms with Crippen molar-refractivity contribution in [3.8, 4) is 0 Å². The number of fused-ring (bicyclic) bond motifs is 2. The second-order valence-corrected chi connectivity index (χ2v) is 6.70. The molecule has 0 saturated heterocycles. The Bertz CT molecular complexity index is 725. The summed E-state index contributed by atoms with van der Waals surface area (Å²) >= 11 is 1.62. The van der Waals surface area contributed by atoms with Crippen molar-refractivity contribution in [2.45, 2.75) is 25.7 Å². The average molecular weight is 297 g/mol. The first-order valence-electron chi connectivity index (χ1n) is 7.30. The van der Waals surface area contributed by atoms with Crippen molar-refractivity contribution in [1.29, 1.82) is 0 Å². The van der Waals surface area contributed by atoms with Crippen LogP contribution in [-0.4, -0.2) is 18.2 Å². The van der Waals surface area contributed by atoms with Gasteiger partial charge < -0.3 is 4.90 Å². The normalized spacial score (nSPS) is 16.8. The fraction of sp³-hybridized carbons (Fsp3) is 0.294. The summed E-state index contributed by atoms with van der Waals surface area (Å²) in [5, 5.41) is 0. The Hall–Kier alpha value is -1.94. The first-order chi connectivity index (χ1) is 10.2.